The molecule has 0 unspecified atom stereocenters. The van der Waals surface area contributed by atoms with Crippen LogP contribution < -0.4 is 0 Å². The molecule has 0 spiro atoms. The molecule has 1 saturated carbocycles. The van der Waals surface area contributed by atoms with Crippen LogP contribution in [0, 0.1) is 19.8 Å². The average molecular weight is 192 g/mol. The lowest BCUT2D eigenvalue weighted by Crippen LogP contribution is -2.19. The monoisotopic (exact) mass is 192 g/mol. The van der Waals surface area contributed by atoms with Gasteiger partial charge in [0.15, 0.2) is 6.29 Å². The second kappa shape index (κ2) is 3.56. The predicted molar refractivity (Wildman–Crippen MR) is 54.4 cm³/mol. The van der Waals surface area contributed by atoms with E-state index in [0.29, 0.717) is 0 Å². The molecule has 1 aromatic rings. The minimum Gasteiger partial charge on any atom is -0.298 e. The van der Waals surface area contributed by atoms with Crippen molar-refractivity contribution in [3.05, 3.63) is 17.0 Å². The largest absolute Gasteiger partial charge is 0.298 e. The van der Waals surface area contributed by atoms with Crippen LogP contribution in [0.4, 0.5) is 0 Å². The van der Waals surface area contributed by atoms with Crippen molar-refractivity contribution >= 4 is 6.29 Å². The molecule has 0 N–H and O–H groups in total. The Morgan fingerprint density at radius 3 is 2.64 bits per heavy atom. The number of rotatable bonds is 3. The summed E-state index contributed by atoms with van der Waals surface area (Å²) in [5, 5.41) is 4.39. The first kappa shape index (κ1) is 9.44. The molecule has 0 aliphatic heterocycles. The molecule has 14 heavy (non-hydrogen) atoms. The lowest BCUT2D eigenvalue weighted by molar-refractivity contribution is 0.112. The van der Waals surface area contributed by atoms with Crippen molar-refractivity contribution in [1.82, 2.24) is 9.78 Å². The summed E-state index contributed by atoms with van der Waals surface area (Å²) in [7, 11) is 0. The second-order valence-corrected chi connectivity index (χ2v) is 4.18. The normalized spacial score (nSPS) is 16.7. The topological polar surface area (TPSA) is 34.9 Å². The molecule has 3 heteroatoms. The fraction of sp³-hybridized carbons (Fsp3) is 0.636. The number of aromatic nitrogens is 2. The van der Waals surface area contributed by atoms with Crippen molar-refractivity contribution < 1.29 is 4.79 Å². The van der Waals surface area contributed by atoms with Crippen molar-refractivity contribution in [2.24, 2.45) is 5.92 Å². The lowest BCUT2D eigenvalue weighted by Gasteiger charge is -2.25. The van der Waals surface area contributed by atoms with Crippen LogP contribution in [0.25, 0.3) is 0 Å². The molecule has 0 amide bonds. The summed E-state index contributed by atoms with van der Waals surface area (Å²) in [6.45, 7) is 4.86. The molecule has 2 rings (SSSR count). The molecule has 0 saturated heterocycles. The first-order valence-corrected chi connectivity index (χ1v) is 5.21. The highest BCUT2D eigenvalue weighted by atomic mass is 16.1. The molecule has 3 nitrogen and oxygen atoms in total. The van der Waals surface area contributed by atoms with E-state index in [2.05, 4.69) is 5.10 Å². The molecule has 76 valence electrons. The number of nitrogens with zero attached hydrogens (tertiary/aromatic N) is 2. The molecular formula is C11H16N2O. The number of carbonyl (C=O) groups is 1. The van der Waals surface area contributed by atoms with Gasteiger partial charge in [-0.2, -0.15) is 5.10 Å². The third-order valence-electron chi connectivity index (χ3n) is 3.21. The van der Waals surface area contributed by atoms with Crippen LogP contribution in [0.1, 0.15) is 41.0 Å². The van der Waals surface area contributed by atoms with Crippen LogP contribution in [-0.2, 0) is 6.54 Å². The van der Waals surface area contributed by atoms with E-state index in [-0.39, 0.29) is 0 Å². The van der Waals surface area contributed by atoms with Gasteiger partial charge < -0.3 is 0 Å². The molecule has 1 aliphatic rings. The molecule has 0 aromatic carbocycles. The van der Waals surface area contributed by atoms with Gasteiger partial charge in [0.2, 0.25) is 0 Å². The maximum atomic E-state index is 10.8. The van der Waals surface area contributed by atoms with Gasteiger partial charge in [0.05, 0.1) is 11.3 Å². The van der Waals surface area contributed by atoms with Crippen LogP contribution >= 0.6 is 0 Å². The fourth-order valence-electron chi connectivity index (χ4n) is 1.98. The Morgan fingerprint density at radius 1 is 1.50 bits per heavy atom. The van der Waals surface area contributed by atoms with Crippen molar-refractivity contribution in [3.8, 4) is 0 Å². The van der Waals surface area contributed by atoms with Gasteiger partial charge in [-0.15, -0.1) is 0 Å². The van der Waals surface area contributed by atoms with Gasteiger partial charge in [-0.1, -0.05) is 6.42 Å². The van der Waals surface area contributed by atoms with Crippen LogP contribution in [0.3, 0.4) is 0 Å². The van der Waals surface area contributed by atoms with Crippen molar-refractivity contribution in [3.63, 3.8) is 0 Å². The first-order chi connectivity index (χ1) is 6.72. The molecule has 0 bridgehead atoms. The number of hydrogen-bond donors (Lipinski definition) is 0. The Kier molecular flexibility index (Phi) is 2.40. The van der Waals surface area contributed by atoms with Gasteiger partial charge >= 0.3 is 0 Å². The highest BCUT2D eigenvalue weighted by Gasteiger charge is 2.20. The third-order valence-corrected chi connectivity index (χ3v) is 3.21. The SMILES string of the molecule is Cc1nn(CC2CCC2)c(C)c1C=O. The van der Waals surface area contributed by atoms with E-state index < -0.39 is 0 Å². The quantitative estimate of drug-likeness (QED) is 0.687. The summed E-state index contributed by atoms with van der Waals surface area (Å²) >= 11 is 0. The molecule has 0 radical (unpaired) electrons. The maximum Gasteiger partial charge on any atom is 0.153 e. The Balaban J connectivity index is 2.20. The van der Waals surface area contributed by atoms with E-state index >= 15 is 0 Å². The second-order valence-electron chi connectivity index (χ2n) is 4.18. The Bertz CT molecular complexity index is 350. The van der Waals surface area contributed by atoms with Gasteiger partial charge in [0, 0.05) is 12.2 Å². The number of aldehydes is 1. The van der Waals surface area contributed by atoms with Gasteiger partial charge in [0.25, 0.3) is 0 Å². The standard InChI is InChI=1S/C11H16N2O/c1-8-11(7-14)9(2)13(12-8)6-10-4-3-5-10/h7,10H,3-6H2,1-2H3. The summed E-state index contributed by atoms with van der Waals surface area (Å²) in [4.78, 5) is 10.8. The van der Waals surface area contributed by atoms with Crippen molar-refractivity contribution in [2.45, 2.75) is 39.7 Å². The summed E-state index contributed by atoms with van der Waals surface area (Å²) in [5.74, 6) is 0.785. The van der Waals surface area contributed by atoms with E-state index in [0.717, 1.165) is 35.7 Å². The minimum atomic E-state index is 0.768. The summed E-state index contributed by atoms with van der Waals surface area (Å²) < 4.78 is 1.99. The molecular weight excluding hydrogens is 176 g/mol. The number of carbonyl (C=O) groups excluding carboxylic acids is 1. The highest BCUT2D eigenvalue weighted by molar-refractivity contribution is 5.77. The smallest absolute Gasteiger partial charge is 0.153 e. The van der Waals surface area contributed by atoms with E-state index in [9.17, 15) is 4.79 Å². The first-order valence-electron chi connectivity index (χ1n) is 5.21. The van der Waals surface area contributed by atoms with E-state index in [1.54, 1.807) is 0 Å². The summed E-state index contributed by atoms with van der Waals surface area (Å²) in [6, 6.07) is 0. The van der Waals surface area contributed by atoms with Gasteiger partial charge in [0.1, 0.15) is 0 Å². The molecule has 1 aliphatic carbocycles. The van der Waals surface area contributed by atoms with E-state index in [1.807, 2.05) is 18.5 Å². The molecule has 1 aromatic heterocycles. The highest BCUT2D eigenvalue weighted by Crippen LogP contribution is 2.28. The van der Waals surface area contributed by atoms with Crippen molar-refractivity contribution in [2.75, 3.05) is 0 Å². The Morgan fingerprint density at radius 2 is 2.21 bits per heavy atom. The number of aryl methyl sites for hydroxylation is 1. The van der Waals surface area contributed by atoms with Crippen LogP contribution in [0.2, 0.25) is 0 Å². The minimum absolute atomic E-state index is 0.768. The number of hydrogen-bond acceptors (Lipinski definition) is 2. The van der Waals surface area contributed by atoms with Crippen LogP contribution in [0.15, 0.2) is 0 Å². The van der Waals surface area contributed by atoms with Gasteiger partial charge in [-0.3, -0.25) is 9.48 Å². The van der Waals surface area contributed by atoms with Crippen LogP contribution in [-0.4, -0.2) is 16.1 Å². The third kappa shape index (κ3) is 1.47. The zero-order valence-electron chi connectivity index (χ0n) is 8.79. The molecule has 1 heterocycles. The average Bonchev–Trinajstić information content (AvgIpc) is 2.35. The zero-order valence-corrected chi connectivity index (χ0v) is 8.79. The van der Waals surface area contributed by atoms with Crippen LogP contribution in [0.5, 0.6) is 0 Å². The van der Waals surface area contributed by atoms with E-state index in [1.165, 1.54) is 19.3 Å². The van der Waals surface area contributed by atoms with Crippen molar-refractivity contribution in [1.29, 1.82) is 0 Å². The Hall–Kier alpha value is -1.12. The molecule has 1 fully saturated rings. The summed E-state index contributed by atoms with van der Waals surface area (Å²) in [6.07, 6.45) is 4.89. The molecule has 0 atom stereocenters. The Labute approximate surface area is 84.1 Å². The maximum absolute atomic E-state index is 10.8. The van der Waals surface area contributed by atoms with E-state index in [4.69, 9.17) is 0 Å². The predicted octanol–water partition coefficient (Wildman–Crippen LogP) is 2.11. The van der Waals surface area contributed by atoms with Gasteiger partial charge in [-0.25, -0.2) is 0 Å². The fourth-order valence-corrected chi connectivity index (χ4v) is 1.98. The van der Waals surface area contributed by atoms with Gasteiger partial charge in [-0.05, 0) is 32.6 Å². The lowest BCUT2D eigenvalue weighted by atomic mass is 9.85. The summed E-state index contributed by atoms with van der Waals surface area (Å²) in [5.41, 5.74) is 2.64. The zero-order chi connectivity index (χ0) is 10.1.